The lowest BCUT2D eigenvalue weighted by atomic mass is 10.2. The van der Waals surface area contributed by atoms with Crippen molar-refractivity contribution in [1.82, 2.24) is 18.7 Å². The van der Waals surface area contributed by atoms with Crippen LogP contribution < -0.4 is 16.0 Å². The molecule has 0 aliphatic heterocycles. The van der Waals surface area contributed by atoms with Crippen molar-refractivity contribution in [1.29, 1.82) is 0 Å². The summed E-state index contributed by atoms with van der Waals surface area (Å²) in [5.74, 6) is 0.318. The Bertz CT molecular complexity index is 780. The number of imidazole rings is 1. The molecule has 0 amide bonds. The second-order valence-electron chi connectivity index (χ2n) is 5.94. The van der Waals surface area contributed by atoms with Crippen molar-refractivity contribution >= 4 is 11.2 Å². The molecule has 0 N–H and O–H groups in total. The Morgan fingerprint density at radius 2 is 1.71 bits per heavy atom. The first-order valence-electron chi connectivity index (χ1n) is 7.07. The third kappa shape index (κ3) is 2.59. The molecule has 0 aromatic carbocycles. The maximum Gasteiger partial charge on any atom is 0.332 e. The Balaban J connectivity index is 2.87. The zero-order chi connectivity index (χ0) is 15.9. The van der Waals surface area contributed by atoms with Crippen molar-refractivity contribution < 1.29 is 4.74 Å². The van der Waals surface area contributed by atoms with Gasteiger partial charge in [0.1, 0.15) is 0 Å². The average molecular weight is 294 g/mol. The summed E-state index contributed by atoms with van der Waals surface area (Å²) in [7, 11) is 3.08. The minimum Gasteiger partial charge on any atom is -0.462 e. The molecule has 0 spiro atoms. The van der Waals surface area contributed by atoms with Crippen molar-refractivity contribution in [3.63, 3.8) is 0 Å². The molecule has 0 aliphatic rings. The number of aryl methyl sites for hydroxylation is 1. The summed E-state index contributed by atoms with van der Waals surface area (Å²) in [6, 6.07) is 0.381. The number of hydrogen-bond acceptors (Lipinski definition) is 4. The topological polar surface area (TPSA) is 71.1 Å². The molecule has 0 atom stereocenters. The lowest BCUT2D eigenvalue weighted by molar-refractivity contribution is 0.210. The van der Waals surface area contributed by atoms with Crippen molar-refractivity contribution in [3.05, 3.63) is 20.8 Å². The summed E-state index contributed by atoms with van der Waals surface area (Å²) in [6.45, 7) is 8.51. The van der Waals surface area contributed by atoms with E-state index in [9.17, 15) is 9.59 Å². The molecule has 21 heavy (non-hydrogen) atoms. The molecule has 0 fully saturated rings. The van der Waals surface area contributed by atoms with Crippen LogP contribution in [0.15, 0.2) is 9.59 Å². The summed E-state index contributed by atoms with van der Waals surface area (Å²) in [6.07, 6.45) is -0.0615. The van der Waals surface area contributed by atoms with Gasteiger partial charge in [-0.2, -0.15) is 4.98 Å². The molecule has 2 rings (SSSR count). The van der Waals surface area contributed by atoms with Gasteiger partial charge in [-0.3, -0.25) is 18.5 Å². The van der Waals surface area contributed by atoms with Gasteiger partial charge in [0.2, 0.25) is 0 Å². The van der Waals surface area contributed by atoms with E-state index in [-0.39, 0.29) is 11.7 Å². The molecule has 116 valence electrons. The molecule has 0 bridgehead atoms. The average Bonchev–Trinajstić information content (AvgIpc) is 2.71. The van der Waals surface area contributed by atoms with E-state index in [2.05, 4.69) is 18.8 Å². The second-order valence-corrected chi connectivity index (χ2v) is 5.94. The highest BCUT2D eigenvalue weighted by Gasteiger charge is 2.21. The third-order valence-corrected chi connectivity index (χ3v) is 3.20. The van der Waals surface area contributed by atoms with Gasteiger partial charge >= 0.3 is 5.69 Å². The van der Waals surface area contributed by atoms with Crippen molar-refractivity contribution in [2.75, 3.05) is 0 Å². The molecule has 2 aromatic rings. The molecule has 0 unspecified atom stereocenters. The van der Waals surface area contributed by atoms with Gasteiger partial charge in [-0.05, 0) is 19.8 Å². The van der Waals surface area contributed by atoms with E-state index in [1.54, 1.807) is 11.6 Å². The number of hydrogen-bond donors (Lipinski definition) is 0. The summed E-state index contributed by atoms with van der Waals surface area (Å²) in [5, 5.41) is 0. The fourth-order valence-corrected chi connectivity index (χ4v) is 2.26. The fraction of sp³-hybridized carbons (Fsp3) is 0.643. The first-order chi connectivity index (χ1) is 9.73. The first-order valence-corrected chi connectivity index (χ1v) is 7.07. The van der Waals surface area contributed by atoms with Gasteiger partial charge < -0.3 is 4.74 Å². The summed E-state index contributed by atoms with van der Waals surface area (Å²) < 4.78 is 9.95. The van der Waals surface area contributed by atoms with Crippen molar-refractivity contribution in [2.45, 2.75) is 40.3 Å². The predicted molar refractivity (Wildman–Crippen MR) is 80.8 cm³/mol. The zero-order valence-corrected chi connectivity index (χ0v) is 13.4. The number of ether oxygens (including phenoxy) is 1. The van der Waals surface area contributed by atoms with Crippen LogP contribution in [-0.2, 0) is 20.6 Å². The monoisotopic (exact) mass is 294 g/mol. The van der Waals surface area contributed by atoms with Gasteiger partial charge in [0, 0.05) is 20.6 Å². The highest BCUT2D eigenvalue weighted by atomic mass is 16.5. The lowest BCUT2D eigenvalue weighted by Crippen LogP contribution is -2.37. The predicted octanol–water partition coefficient (Wildman–Crippen LogP) is 0.877. The summed E-state index contributed by atoms with van der Waals surface area (Å²) in [5.41, 5.74) is 0.0287. The van der Waals surface area contributed by atoms with Crippen LogP contribution in [0.2, 0.25) is 0 Å². The molecule has 0 radical (unpaired) electrons. The van der Waals surface area contributed by atoms with Gasteiger partial charge in [0.25, 0.3) is 11.6 Å². The van der Waals surface area contributed by atoms with Gasteiger partial charge in [-0.25, -0.2) is 4.79 Å². The standard InChI is InChI=1S/C14H22N4O3/c1-8(2)7-18-10-11(15-13(18)21-9(3)4)16(5)14(20)17(6)12(10)19/h8-9H,7H2,1-6H3. The van der Waals surface area contributed by atoms with Crippen LogP contribution in [0.5, 0.6) is 6.01 Å². The minimum atomic E-state index is -0.391. The Morgan fingerprint density at radius 1 is 1.10 bits per heavy atom. The van der Waals surface area contributed by atoms with Gasteiger partial charge in [-0.15, -0.1) is 0 Å². The fourth-order valence-electron chi connectivity index (χ4n) is 2.26. The number of nitrogens with zero attached hydrogens (tertiary/aromatic N) is 4. The number of fused-ring (bicyclic) bond motifs is 1. The Kier molecular flexibility index (Phi) is 3.93. The molecule has 7 heteroatoms. The van der Waals surface area contributed by atoms with E-state index in [0.29, 0.717) is 29.6 Å². The normalized spacial score (nSPS) is 11.8. The third-order valence-electron chi connectivity index (χ3n) is 3.20. The first kappa shape index (κ1) is 15.3. The van der Waals surface area contributed by atoms with Crippen molar-refractivity contribution in [2.24, 2.45) is 20.0 Å². The minimum absolute atomic E-state index is 0.0615. The molecule has 7 nitrogen and oxygen atoms in total. The zero-order valence-electron chi connectivity index (χ0n) is 13.4. The molecular formula is C14H22N4O3. The highest BCUT2D eigenvalue weighted by Crippen LogP contribution is 2.20. The van der Waals surface area contributed by atoms with Crippen LogP contribution >= 0.6 is 0 Å². The summed E-state index contributed by atoms with van der Waals surface area (Å²) >= 11 is 0. The maximum atomic E-state index is 12.4. The van der Waals surface area contributed by atoms with Crippen molar-refractivity contribution in [3.8, 4) is 6.01 Å². The second kappa shape index (κ2) is 5.38. The molecule has 2 heterocycles. The number of rotatable bonds is 4. The van der Waals surface area contributed by atoms with E-state index >= 15 is 0 Å². The maximum absolute atomic E-state index is 12.4. The van der Waals surface area contributed by atoms with Gasteiger partial charge in [-0.1, -0.05) is 13.8 Å². The molecule has 0 saturated heterocycles. The molecule has 2 aromatic heterocycles. The Morgan fingerprint density at radius 3 is 2.24 bits per heavy atom. The van der Waals surface area contributed by atoms with E-state index in [4.69, 9.17) is 4.74 Å². The smallest absolute Gasteiger partial charge is 0.332 e. The van der Waals surface area contributed by atoms with Gasteiger partial charge in [0.15, 0.2) is 11.2 Å². The SMILES string of the molecule is CC(C)Cn1c(OC(C)C)nc2c1c(=O)n(C)c(=O)n2C. The largest absolute Gasteiger partial charge is 0.462 e. The van der Waals surface area contributed by atoms with E-state index < -0.39 is 5.69 Å². The van der Waals surface area contributed by atoms with Crippen LogP contribution in [0.4, 0.5) is 0 Å². The van der Waals surface area contributed by atoms with E-state index in [1.807, 2.05) is 13.8 Å². The Labute approximate surface area is 122 Å². The van der Waals surface area contributed by atoms with Crippen LogP contribution in [0, 0.1) is 5.92 Å². The summed E-state index contributed by atoms with van der Waals surface area (Å²) in [4.78, 5) is 28.8. The molecule has 0 aliphatic carbocycles. The quantitative estimate of drug-likeness (QED) is 0.839. The van der Waals surface area contributed by atoms with E-state index in [1.165, 1.54) is 11.6 Å². The van der Waals surface area contributed by atoms with E-state index in [0.717, 1.165) is 4.57 Å². The van der Waals surface area contributed by atoms with Crippen LogP contribution in [0.3, 0.4) is 0 Å². The molecule has 0 saturated carbocycles. The van der Waals surface area contributed by atoms with Crippen LogP contribution in [0.1, 0.15) is 27.7 Å². The van der Waals surface area contributed by atoms with Crippen LogP contribution in [0.25, 0.3) is 11.2 Å². The van der Waals surface area contributed by atoms with Crippen LogP contribution in [-0.4, -0.2) is 24.8 Å². The molecular weight excluding hydrogens is 272 g/mol. The number of aromatic nitrogens is 4. The Hall–Kier alpha value is -2.05. The highest BCUT2D eigenvalue weighted by molar-refractivity contribution is 5.71. The lowest BCUT2D eigenvalue weighted by Gasteiger charge is -2.13. The van der Waals surface area contributed by atoms with Gasteiger partial charge in [0.05, 0.1) is 6.10 Å².